The molecule has 114 valence electrons. The number of hydrogen-bond acceptors (Lipinski definition) is 3. The minimum absolute atomic E-state index is 0.512. The molecule has 1 aromatic carbocycles. The average Bonchev–Trinajstić information content (AvgIpc) is 2.34. The third kappa shape index (κ3) is 5.93. The molecule has 0 saturated carbocycles. The molecule has 0 spiro atoms. The van der Waals surface area contributed by atoms with Crippen molar-refractivity contribution in [3.63, 3.8) is 0 Å². The van der Waals surface area contributed by atoms with E-state index >= 15 is 0 Å². The fourth-order valence-electron chi connectivity index (χ4n) is 2.25. The van der Waals surface area contributed by atoms with E-state index in [9.17, 15) is 0 Å². The molecule has 0 aliphatic rings. The molecule has 3 nitrogen and oxygen atoms in total. The van der Waals surface area contributed by atoms with E-state index in [1.807, 2.05) is 0 Å². The Bertz CT molecular complexity index is 390. The normalized spacial score (nSPS) is 11.4. The molecule has 0 saturated heterocycles. The molecule has 0 aromatic heterocycles. The highest BCUT2D eigenvalue weighted by Gasteiger charge is 2.07. The van der Waals surface area contributed by atoms with Crippen molar-refractivity contribution in [1.29, 1.82) is 0 Å². The van der Waals surface area contributed by atoms with E-state index in [2.05, 4.69) is 64.1 Å². The number of hydrogen-bond donors (Lipinski definition) is 1. The first-order valence-corrected chi connectivity index (χ1v) is 7.51. The van der Waals surface area contributed by atoms with E-state index in [1.54, 1.807) is 0 Å². The van der Waals surface area contributed by atoms with Gasteiger partial charge in [0.15, 0.2) is 0 Å². The van der Waals surface area contributed by atoms with Gasteiger partial charge in [-0.25, -0.2) is 0 Å². The van der Waals surface area contributed by atoms with Crippen LogP contribution < -0.4 is 10.1 Å². The predicted molar refractivity (Wildman–Crippen MR) is 86.6 cm³/mol. The zero-order valence-corrected chi connectivity index (χ0v) is 13.9. The van der Waals surface area contributed by atoms with E-state index < -0.39 is 0 Å². The fraction of sp³-hybridized carbons (Fsp3) is 0.647. The summed E-state index contributed by atoms with van der Waals surface area (Å²) in [6, 6.07) is 4.96. The Kier molecular flexibility index (Phi) is 7.03. The maximum absolute atomic E-state index is 5.95. The maximum Gasteiger partial charge on any atom is 0.125 e. The summed E-state index contributed by atoms with van der Waals surface area (Å²) in [5.41, 5.74) is 3.79. The molecular weight excluding hydrogens is 248 g/mol. The van der Waals surface area contributed by atoms with Crippen LogP contribution in [0.1, 0.15) is 37.0 Å². The summed E-state index contributed by atoms with van der Waals surface area (Å²) in [5, 5.41) is 3.45. The monoisotopic (exact) mass is 278 g/mol. The molecule has 3 heteroatoms. The maximum atomic E-state index is 5.95. The molecule has 0 aliphatic heterocycles. The molecule has 1 N–H and O–H groups in total. The van der Waals surface area contributed by atoms with Crippen LogP contribution in [0.15, 0.2) is 12.1 Å². The van der Waals surface area contributed by atoms with Gasteiger partial charge in [-0.05, 0) is 51.1 Å². The van der Waals surface area contributed by atoms with Crippen LogP contribution in [-0.4, -0.2) is 38.2 Å². The second kappa shape index (κ2) is 8.28. The van der Waals surface area contributed by atoms with Crippen molar-refractivity contribution in [1.82, 2.24) is 10.2 Å². The Hall–Kier alpha value is -1.06. The second-order valence-electron chi connectivity index (χ2n) is 6.10. The standard InChI is InChI=1S/C17H30N2O/c1-13(2)18-12-16-10-14(3)17(15(4)11-16)20-9-7-8-19(5)6/h10-11,13,18H,7-9,12H2,1-6H3. The van der Waals surface area contributed by atoms with Crippen LogP contribution in [0.25, 0.3) is 0 Å². The summed E-state index contributed by atoms with van der Waals surface area (Å²) in [7, 11) is 4.18. The van der Waals surface area contributed by atoms with Crippen molar-refractivity contribution < 1.29 is 4.74 Å². The van der Waals surface area contributed by atoms with E-state index in [1.165, 1.54) is 16.7 Å². The summed E-state index contributed by atoms with van der Waals surface area (Å²) in [4.78, 5) is 2.18. The molecule has 0 amide bonds. The van der Waals surface area contributed by atoms with Crippen LogP contribution in [0.3, 0.4) is 0 Å². The number of rotatable bonds is 8. The first-order chi connectivity index (χ1) is 9.40. The Morgan fingerprint density at radius 2 is 1.75 bits per heavy atom. The molecular formula is C17H30N2O. The van der Waals surface area contributed by atoms with Gasteiger partial charge in [0, 0.05) is 19.1 Å². The lowest BCUT2D eigenvalue weighted by Gasteiger charge is -2.16. The van der Waals surface area contributed by atoms with Gasteiger partial charge in [0.1, 0.15) is 5.75 Å². The Balaban J connectivity index is 2.59. The smallest absolute Gasteiger partial charge is 0.125 e. The van der Waals surface area contributed by atoms with Gasteiger partial charge < -0.3 is 15.0 Å². The minimum atomic E-state index is 0.512. The van der Waals surface area contributed by atoms with Gasteiger partial charge in [0.2, 0.25) is 0 Å². The molecule has 0 fully saturated rings. The molecule has 0 bridgehead atoms. The second-order valence-corrected chi connectivity index (χ2v) is 6.10. The zero-order valence-electron chi connectivity index (χ0n) is 13.9. The topological polar surface area (TPSA) is 24.5 Å². The van der Waals surface area contributed by atoms with Crippen LogP contribution in [0, 0.1) is 13.8 Å². The summed E-state index contributed by atoms with van der Waals surface area (Å²) in [6.07, 6.45) is 1.06. The number of ether oxygens (including phenoxy) is 1. The number of aryl methyl sites for hydroxylation is 2. The number of nitrogens with one attached hydrogen (secondary N) is 1. The van der Waals surface area contributed by atoms with Crippen molar-refractivity contribution >= 4 is 0 Å². The number of nitrogens with zero attached hydrogens (tertiary/aromatic N) is 1. The summed E-state index contributed by atoms with van der Waals surface area (Å²) < 4.78 is 5.95. The lowest BCUT2D eigenvalue weighted by Crippen LogP contribution is -2.22. The van der Waals surface area contributed by atoms with Crippen LogP contribution in [-0.2, 0) is 6.54 Å². The van der Waals surface area contributed by atoms with Gasteiger partial charge in [-0.1, -0.05) is 26.0 Å². The summed E-state index contributed by atoms with van der Waals surface area (Å²) >= 11 is 0. The zero-order chi connectivity index (χ0) is 15.1. The van der Waals surface area contributed by atoms with Gasteiger partial charge in [-0.15, -0.1) is 0 Å². The van der Waals surface area contributed by atoms with E-state index in [0.717, 1.165) is 31.9 Å². The highest BCUT2D eigenvalue weighted by Crippen LogP contribution is 2.25. The summed E-state index contributed by atoms with van der Waals surface area (Å²) in [5.74, 6) is 1.05. The largest absolute Gasteiger partial charge is 0.493 e. The van der Waals surface area contributed by atoms with Crippen LogP contribution in [0.2, 0.25) is 0 Å². The lowest BCUT2D eigenvalue weighted by atomic mass is 10.1. The van der Waals surface area contributed by atoms with Gasteiger partial charge in [0.25, 0.3) is 0 Å². The van der Waals surface area contributed by atoms with Crippen LogP contribution >= 0.6 is 0 Å². The van der Waals surface area contributed by atoms with Crippen molar-refractivity contribution in [3.8, 4) is 5.75 Å². The Morgan fingerprint density at radius 3 is 2.25 bits per heavy atom. The first kappa shape index (κ1) is 17.0. The highest BCUT2D eigenvalue weighted by atomic mass is 16.5. The Labute approximate surface area is 124 Å². The molecule has 0 heterocycles. The SMILES string of the molecule is Cc1cc(CNC(C)C)cc(C)c1OCCCN(C)C. The van der Waals surface area contributed by atoms with Crippen LogP contribution in [0.5, 0.6) is 5.75 Å². The third-order valence-corrected chi connectivity index (χ3v) is 3.23. The van der Waals surface area contributed by atoms with Gasteiger partial charge in [-0.3, -0.25) is 0 Å². The average molecular weight is 278 g/mol. The predicted octanol–water partition coefficient (Wildman–Crippen LogP) is 3.13. The lowest BCUT2D eigenvalue weighted by molar-refractivity contribution is 0.278. The van der Waals surface area contributed by atoms with Crippen molar-refractivity contribution in [2.75, 3.05) is 27.2 Å². The quantitative estimate of drug-likeness (QED) is 0.739. The van der Waals surface area contributed by atoms with E-state index in [-0.39, 0.29) is 0 Å². The highest BCUT2D eigenvalue weighted by molar-refractivity contribution is 5.43. The van der Waals surface area contributed by atoms with Crippen molar-refractivity contribution in [2.24, 2.45) is 0 Å². The summed E-state index contributed by atoms with van der Waals surface area (Å²) in [6.45, 7) is 11.4. The van der Waals surface area contributed by atoms with E-state index in [0.29, 0.717) is 6.04 Å². The third-order valence-electron chi connectivity index (χ3n) is 3.23. The molecule has 1 aromatic rings. The molecule has 0 unspecified atom stereocenters. The van der Waals surface area contributed by atoms with Gasteiger partial charge in [-0.2, -0.15) is 0 Å². The van der Waals surface area contributed by atoms with Crippen molar-refractivity contribution in [3.05, 3.63) is 28.8 Å². The molecule has 20 heavy (non-hydrogen) atoms. The molecule has 1 rings (SSSR count). The molecule has 0 atom stereocenters. The van der Waals surface area contributed by atoms with Gasteiger partial charge in [0.05, 0.1) is 6.61 Å². The van der Waals surface area contributed by atoms with E-state index in [4.69, 9.17) is 4.74 Å². The molecule has 0 aliphatic carbocycles. The number of benzene rings is 1. The van der Waals surface area contributed by atoms with Crippen LogP contribution in [0.4, 0.5) is 0 Å². The fourth-order valence-corrected chi connectivity index (χ4v) is 2.25. The first-order valence-electron chi connectivity index (χ1n) is 7.51. The van der Waals surface area contributed by atoms with Gasteiger partial charge >= 0.3 is 0 Å². The Morgan fingerprint density at radius 1 is 1.15 bits per heavy atom. The van der Waals surface area contributed by atoms with Crippen molar-refractivity contribution in [2.45, 2.75) is 46.7 Å². The minimum Gasteiger partial charge on any atom is -0.493 e. The molecule has 0 radical (unpaired) electrons.